The first-order valence-corrected chi connectivity index (χ1v) is 13.1. The number of aromatic amines is 1. The molecule has 1 aromatic heterocycles. The Kier molecular flexibility index (Phi) is 9.05. The first kappa shape index (κ1) is 28.4. The van der Waals surface area contributed by atoms with Gasteiger partial charge in [-0.1, -0.05) is 41.4 Å². The summed E-state index contributed by atoms with van der Waals surface area (Å²) in [7, 11) is -4.27. The number of rotatable bonds is 10. The molecule has 5 atom stereocenters. The summed E-state index contributed by atoms with van der Waals surface area (Å²) >= 11 is 12.6. The average molecular weight is 566 g/mol. The third-order valence-electron chi connectivity index (χ3n) is 4.92. The van der Waals surface area contributed by atoms with Crippen molar-refractivity contribution < 1.29 is 33.0 Å². The zero-order valence-electron chi connectivity index (χ0n) is 19.5. The predicted molar refractivity (Wildman–Crippen MR) is 130 cm³/mol. The van der Waals surface area contributed by atoms with E-state index in [-0.39, 0.29) is 5.75 Å². The highest BCUT2D eigenvalue weighted by molar-refractivity contribution is 7.52. The monoisotopic (exact) mass is 565 g/mol. The van der Waals surface area contributed by atoms with E-state index in [4.69, 9.17) is 41.7 Å². The van der Waals surface area contributed by atoms with Gasteiger partial charge in [0, 0.05) is 12.3 Å². The van der Waals surface area contributed by atoms with Gasteiger partial charge in [0.15, 0.2) is 10.6 Å². The number of carbonyl (C=O) groups is 1. The molecule has 0 bridgehead atoms. The molecule has 2 aromatic rings. The van der Waals surface area contributed by atoms with Gasteiger partial charge in [-0.15, -0.1) is 0 Å². The van der Waals surface area contributed by atoms with Gasteiger partial charge >= 0.3 is 19.4 Å². The van der Waals surface area contributed by atoms with E-state index in [2.05, 4.69) is 5.09 Å². The maximum absolute atomic E-state index is 13.6. The molecule has 1 saturated heterocycles. The van der Waals surface area contributed by atoms with E-state index in [1.54, 1.807) is 32.0 Å². The fourth-order valence-corrected chi connectivity index (χ4v) is 5.32. The first-order valence-electron chi connectivity index (χ1n) is 10.8. The van der Waals surface area contributed by atoms with Gasteiger partial charge in [-0.2, -0.15) is 5.09 Å². The molecule has 3 N–H and O–H groups in total. The number of H-pyrrole nitrogens is 1. The van der Waals surface area contributed by atoms with Crippen molar-refractivity contribution in [1.82, 2.24) is 14.6 Å². The number of aliphatic hydroxyl groups excluding tert-OH is 1. The smallest absolute Gasteiger partial charge is 0.459 e. The number of para-hydroxylation sites is 1. The standard InChI is InChI=1S/C21H26Cl2N3O9P/c1-12(2)33-18(29)13(3)25-36(31,35-14-7-5-4-6-8-14)32-11-15-17(28)21(22,23)19(34-15)26-10-9-16(27)24-20(26)30/h4-10,12-13,15,17,19,28H,11H2,1-3H3,(H,25,31)(H,24,27,30)/t13-,15+,17+,19+,36?/m0/s1. The Morgan fingerprint density at radius 1 is 1.25 bits per heavy atom. The van der Waals surface area contributed by atoms with Crippen molar-refractivity contribution in [3.05, 3.63) is 63.4 Å². The van der Waals surface area contributed by atoms with E-state index >= 15 is 0 Å². The van der Waals surface area contributed by atoms with Crippen LogP contribution in [0.3, 0.4) is 0 Å². The van der Waals surface area contributed by atoms with Crippen LogP contribution in [0.2, 0.25) is 0 Å². The van der Waals surface area contributed by atoms with Crippen molar-refractivity contribution >= 4 is 36.9 Å². The molecule has 1 aliphatic heterocycles. The fourth-order valence-electron chi connectivity index (χ4n) is 3.22. The van der Waals surface area contributed by atoms with E-state index in [0.29, 0.717) is 0 Å². The Morgan fingerprint density at radius 2 is 1.92 bits per heavy atom. The lowest BCUT2D eigenvalue weighted by atomic mass is 10.2. The minimum atomic E-state index is -4.27. The van der Waals surface area contributed by atoms with Crippen molar-refractivity contribution in [3.63, 3.8) is 0 Å². The SMILES string of the molecule is CC(C)OC(=O)[C@H](C)NP(=O)(OC[C@H]1O[C@@H](n2ccc(=O)[nH]c2=O)C(Cl)(Cl)[C@@H]1O)Oc1ccccc1. The summed E-state index contributed by atoms with van der Waals surface area (Å²) in [6, 6.07) is 8.01. The number of nitrogens with zero attached hydrogens (tertiary/aromatic N) is 1. The van der Waals surface area contributed by atoms with Crippen LogP contribution < -0.4 is 20.9 Å². The van der Waals surface area contributed by atoms with Gasteiger partial charge in [0.05, 0.1) is 12.7 Å². The summed E-state index contributed by atoms with van der Waals surface area (Å²) in [6.07, 6.45) is -3.62. The summed E-state index contributed by atoms with van der Waals surface area (Å²) in [4.78, 5) is 37.9. The number of ether oxygens (including phenoxy) is 2. The van der Waals surface area contributed by atoms with Crippen LogP contribution in [-0.2, 0) is 23.4 Å². The summed E-state index contributed by atoms with van der Waals surface area (Å²) in [5, 5.41) is 13.2. The lowest BCUT2D eigenvalue weighted by molar-refractivity contribution is -0.149. The molecule has 198 valence electrons. The molecule has 0 radical (unpaired) electrons. The number of hydrogen-bond acceptors (Lipinski definition) is 9. The zero-order valence-corrected chi connectivity index (χ0v) is 21.9. The molecule has 15 heteroatoms. The van der Waals surface area contributed by atoms with Crippen LogP contribution in [0.25, 0.3) is 0 Å². The molecule has 2 heterocycles. The Labute approximate surface area is 216 Å². The minimum absolute atomic E-state index is 0.173. The number of carbonyl (C=O) groups excluding carboxylic acids is 1. The maximum atomic E-state index is 13.6. The predicted octanol–water partition coefficient (Wildman–Crippen LogP) is 2.10. The van der Waals surface area contributed by atoms with Crippen LogP contribution in [0, 0.1) is 0 Å². The van der Waals surface area contributed by atoms with E-state index in [9.17, 15) is 24.1 Å². The third-order valence-corrected chi connectivity index (χ3v) is 7.38. The van der Waals surface area contributed by atoms with Gasteiger partial charge in [-0.25, -0.2) is 9.36 Å². The molecule has 36 heavy (non-hydrogen) atoms. The Bertz CT molecular complexity index is 1220. The van der Waals surface area contributed by atoms with Crippen molar-refractivity contribution in [2.24, 2.45) is 0 Å². The highest BCUT2D eigenvalue weighted by atomic mass is 35.5. The van der Waals surface area contributed by atoms with Crippen LogP contribution in [0.4, 0.5) is 0 Å². The Hall–Kier alpha value is -2.18. The number of halogens is 2. The van der Waals surface area contributed by atoms with Gasteiger partial charge < -0.3 is 19.1 Å². The van der Waals surface area contributed by atoms with Crippen molar-refractivity contribution in [2.45, 2.75) is 55.7 Å². The topological polar surface area (TPSA) is 158 Å². The summed E-state index contributed by atoms with van der Waals surface area (Å²) in [5.74, 6) is -0.520. The number of aromatic nitrogens is 2. The quantitative estimate of drug-likeness (QED) is 0.221. The third kappa shape index (κ3) is 6.77. The molecule has 1 fully saturated rings. The maximum Gasteiger partial charge on any atom is 0.459 e. The second-order valence-corrected chi connectivity index (χ2v) is 11.3. The molecule has 0 aliphatic carbocycles. The molecular weight excluding hydrogens is 540 g/mol. The lowest BCUT2D eigenvalue weighted by Gasteiger charge is -2.25. The largest absolute Gasteiger partial charge is 0.462 e. The Morgan fingerprint density at radius 3 is 2.53 bits per heavy atom. The van der Waals surface area contributed by atoms with Crippen LogP contribution in [0.5, 0.6) is 5.75 Å². The number of nitrogens with one attached hydrogen (secondary N) is 2. The lowest BCUT2D eigenvalue weighted by Crippen LogP contribution is -2.41. The van der Waals surface area contributed by atoms with Gasteiger partial charge in [0.1, 0.15) is 24.0 Å². The van der Waals surface area contributed by atoms with Crippen molar-refractivity contribution in [3.8, 4) is 5.75 Å². The number of hydrogen-bond donors (Lipinski definition) is 3. The number of aliphatic hydroxyl groups is 1. The molecule has 1 unspecified atom stereocenters. The molecule has 0 spiro atoms. The normalized spacial score (nSPS) is 23.7. The zero-order chi connectivity index (χ0) is 26.7. The van der Waals surface area contributed by atoms with Gasteiger partial charge in [-0.3, -0.25) is 23.7 Å². The molecular formula is C21H26Cl2N3O9P. The molecule has 1 aromatic carbocycles. The molecule has 1 aliphatic rings. The van der Waals surface area contributed by atoms with Crippen LogP contribution >= 0.6 is 30.9 Å². The summed E-state index contributed by atoms with van der Waals surface area (Å²) in [5.41, 5.74) is -1.52. The highest BCUT2D eigenvalue weighted by Crippen LogP contribution is 2.49. The van der Waals surface area contributed by atoms with E-state index in [1.165, 1.54) is 19.1 Å². The van der Waals surface area contributed by atoms with Crippen LogP contribution in [0.1, 0.15) is 27.0 Å². The molecule has 3 rings (SSSR count). The summed E-state index contributed by atoms with van der Waals surface area (Å²) < 4.78 is 34.3. The average Bonchev–Trinajstić information content (AvgIpc) is 3.01. The van der Waals surface area contributed by atoms with Crippen molar-refractivity contribution in [1.29, 1.82) is 0 Å². The number of alkyl halides is 2. The Balaban J connectivity index is 1.80. The molecule has 0 saturated carbocycles. The van der Waals surface area contributed by atoms with E-state index in [1.807, 2.05) is 4.98 Å². The summed E-state index contributed by atoms with van der Waals surface area (Å²) in [6.45, 7) is 4.17. The highest BCUT2D eigenvalue weighted by Gasteiger charge is 2.56. The second-order valence-electron chi connectivity index (χ2n) is 8.20. The first-order chi connectivity index (χ1) is 16.8. The van der Waals surface area contributed by atoms with E-state index < -0.39 is 66.5 Å². The van der Waals surface area contributed by atoms with Crippen LogP contribution in [0.15, 0.2) is 52.2 Å². The van der Waals surface area contributed by atoms with E-state index in [0.717, 1.165) is 16.8 Å². The molecule has 0 amide bonds. The van der Waals surface area contributed by atoms with Crippen LogP contribution in [-0.4, -0.2) is 55.9 Å². The minimum Gasteiger partial charge on any atom is -0.462 e. The number of esters is 1. The fraction of sp³-hybridized carbons (Fsp3) is 0.476. The second kappa shape index (κ2) is 11.5. The van der Waals surface area contributed by atoms with Gasteiger partial charge in [0.25, 0.3) is 5.56 Å². The van der Waals surface area contributed by atoms with Gasteiger partial charge in [-0.05, 0) is 32.9 Å². The molecule has 12 nitrogen and oxygen atoms in total. The number of benzene rings is 1. The van der Waals surface area contributed by atoms with Crippen molar-refractivity contribution in [2.75, 3.05) is 6.61 Å². The van der Waals surface area contributed by atoms with Gasteiger partial charge in [0.2, 0.25) is 0 Å².